The summed E-state index contributed by atoms with van der Waals surface area (Å²) in [5.74, 6) is 2.89. The van der Waals surface area contributed by atoms with Gasteiger partial charge in [-0.25, -0.2) is 4.98 Å². The molecule has 0 saturated carbocycles. The molecule has 0 bridgehead atoms. The van der Waals surface area contributed by atoms with Gasteiger partial charge in [0.05, 0.1) is 22.9 Å². The Bertz CT molecular complexity index is 1010. The molecule has 29 heavy (non-hydrogen) atoms. The molecule has 3 aromatic rings. The van der Waals surface area contributed by atoms with Gasteiger partial charge in [-0.2, -0.15) is 11.8 Å². The van der Waals surface area contributed by atoms with Gasteiger partial charge in [0.25, 0.3) is 5.91 Å². The van der Waals surface area contributed by atoms with Crippen LogP contribution in [0.1, 0.15) is 36.0 Å². The fourth-order valence-corrected chi connectivity index (χ4v) is 5.66. The number of hydrogen-bond acceptors (Lipinski definition) is 5. The van der Waals surface area contributed by atoms with E-state index in [1.54, 1.807) is 6.26 Å². The molecular formula is C23H24N2O3S. The second-order valence-corrected chi connectivity index (χ2v) is 9.08. The highest BCUT2D eigenvalue weighted by molar-refractivity contribution is 7.99. The van der Waals surface area contributed by atoms with Crippen molar-refractivity contribution in [2.24, 2.45) is 0 Å². The zero-order valence-electron chi connectivity index (χ0n) is 16.2. The first-order chi connectivity index (χ1) is 14.2. The minimum absolute atomic E-state index is 0.0522. The van der Waals surface area contributed by atoms with Crippen LogP contribution in [-0.2, 0) is 4.74 Å². The number of pyridine rings is 1. The number of thioether (sulfide) groups is 1. The van der Waals surface area contributed by atoms with Gasteiger partial charge in [0.1, 0.15) is 5.69 Å². The van der Waals surface area contributed by atoms with E-state index in [4.69, 9.17) is 9.15 Å². The average Bonchev–Trinajstić information content (AvgIpc) is 3.28. The Morgan fingerprint density at radius 1 is 1.17 bits per heavy atom. The van der Waals surface area contributed by atoms with Crippen molar-refractivity contribution in [3.8, 4) is 11.5 Å². The third-order valence-corrected chi connectivity index (χ3v) is 6.95. The number of para-hydroxylation sites is 1. The SMILES string of the molecule is O=C(NC1CCOC2(CCSCC2)C1)c1cc(-c2ccco2)nc2ccccc12. The third kappa shape index (κ3) is 3.79. The van der Waals surface area contributed by atoms with Crippen LogP contribution in [0.2, 0.25) is 0 Å². The maximum Gasteiger partial charge on any atom is 0.252 e. The normalized spacial score (nSPS) is 21.3. The van der Waals surface area contributed by atoms with Crippen molar-refractivity contribution in [2.75, 3.05) is 18.1 Å². The topological polar surface area (TPSA) is 64.4 Å². The van der Waals surface area contributed by atoms with Gasteiger partial charge in [-0.3, -0.25) is 4.79 Å². The maximum atomic E-state index is 13.3. The van der Waals surface area contributed by atoms with Crippen LogP contribution in [-0.4, -0.2) is 40.6 Å². The van der Waals surface area contributed by atoms with Gasteiger partial charge in [-0.1, -0.05) is 18.2 Å². The summed E-state index contributed by atoms with van der Waals surface area (Å²) in [5.41, 5.74) is 2.05. The van der Waals surface area contributed by atoms with Crippen molar-refractivity contribution < 1.29 is 13.9 Å². The number of carbonyl (C=O) groups excluding carboxylic acids is 1. The molecule has 5 nitrogen and oxygen atoms in total. The van der Waals surface area contributed by atoms with E-state index >= 15 is 0 Å². The van der Waals surface area contributed by atoms with Crippen LogP contribution >= 0.6 is 11.8 Å². The van der Waals surface area contributed by atoms with E-state index in [1.807, 2.05) is 54.2 Å². The van der Waals surface area contributed by atoms with Gasteiger partial charge in [0.15, 0.2) is 5.76 Å². The first kappa shape index (κ1) is 18.7. The minimum atomic E-state index is -0.0545. The molecule has 5 rings (SSSR count). The largest absolute Gasteiger partial charge is 0.463 e. The standard InChI is InChI=1S/C23H24N2O3S/c26-22(24-16-7-11-28-23(15-16)8-12-29-13-9-23)18-14-20(21-6-3-10-27-21)25-19-5-2-1-4-17(18)19/h1-6,10,14,16H,7-9,11-13,15H2,(H,24,26). The smallest absolute Gasteiger partial charge is 0.252 e. The zero-order chi connectivity index (χ0) is 19.7. The number of nitrogens with one attached hydrogen (secondary N) is 1. The molecule has 1 spiro atoms. The minimum Gasteiger partial charge on any atom is -0.463 e. The molecule has 1 N–H and O–H groups in total. The third-order valence-electron chi connectivity index (χ3n) is 5.97. The van der Waals surface area contributed by atoms with E-state index in [-0.39, 0.29) is 17.6 Å². The number of nitrogens with zero attached hydrogens (tertiary/aromatic N) is 1. The summed E-state index contributed by atoms with van der Waals surface area (Å²) >= 11 is 1.99. The molecule has 1 unspecified atom stereocenters. The van der Waals surface area contributed by atoms with Crippen LogP contribution in [0.4, 0.5) is 0 Å². The van der Waals surface area contributed by atoms with E-state index < -0.39 is 0 Å². The molecule has 1 amide bonds. The molecule has 2 aliphatic heterocycles. The number of benzene rings is 1. The Kier molecular flexibility index (Phi) is 5.06. The van der Waals surface area contributed by atoms with Crippen molar-refractivity contribution in [3.05, 3.63) is 54.3 Å². The molecule has 2 saturated heterocycles. The van der Waals surface area contributed by atoms with E-state index in [0.717, 1.165) is 48.1 Å². The highest BCUT2D eigenvalue weighted by atomic mass is 32.2. The monoisotopic (exact) mass is 408 g/mol. The van der Waals surface area contributed by atoms with Crippen LogP contribution in [0.25, 0.3) is 22.4 Å². The number of rotatable bonds is 3. The van der Waals surface area contributed by atoms with E-state index in [9.17, 15) is 4.79 Å². The van der Waals surface area contributed by atoms with Crippen LogP contribution in [0, 0.1) is 0 Å². The molecule has 1 aromatic carbocycles. The molecular weight excluding hydrogens is 384 g/mol. The van der Waals surface area contributed by atoms with Crippen LogP contribution in [0.5, 0.6) is 0 Å². The Hall–Kier alpha value is -2.31. The van der Waals surface area contributed by atoms with E-state index in [0.29, 0.717) is 23.6 Å². The number of fused-ring (bicyclic) bond motifs is 1. The van der Waals surface area contributed by atoms with E-state index in [2.05, 4.69) is 10.3 Å². The number of hydrogen-bond donors (Lipinski definition) is 1. The summed E-state index contributed by atoms with van der Waals surface area (Å²) in [6, 6.07) is 13.4. The molecule has 150 valence electrons. The molecule has 0 radical (unpaired) electrons. The second kappa shape index (κ2) is 7.84. The highest BCUT2D eigenvalue weighted by Crippen LogP contribution is 2.37. The molecule has 2 aromatic heterocycles. The lowest BCUT2D eigenvalue weighted by Gasteiger charge is -2.43. The number of furan rings is 1. The number of amides is 1. The lowest BCUT2D eigenvalue weighted by atomic mass is 9.85. The van der Waals surface area contributed by atoms with E-state index in [1.165, 1.54) is 0 Å². The molecule has 0 aliphatic carbocycles. The molecule has 1 atom stereocenters. The quantitative estimate of drug-likeness (QED) is 0.682. The van der Waals surface area contributed by atoms with Crippen molar-refractivity contribution in [2.45, 2.75) is 37.3 Å². The maximum absolute atomic E-state index is 13.3. The van der Waals surface area contributed by atoms with Crippen LogP contribution < -0.4 is 5.32 Å². The number of ether oxygens (including phenoxy) is 1. The molecule has 2 fully saturated rings. The summed E-state index contributed by atoms with van der Waals surface area (Å²) in [7, 11) is 0. The Morgan fingerprint density at radius 2 is 2.03 bits per heavy atom. The van der Waals surface area contributed by atoms with Crippen LogP contribution in [0.15, 0.2) is 53.1 Å². The predicted octanol–water partition coefficient (Wildman–Crippen LogP) is 4.67. The summed E-state index contributed by atoms with van der Waals surface area (Å²) in [4.78, 5) is 18.0. The van der Waals surface area contributed by atoms with Gasteiger partial charge >= 0.3 is 0 Å². The average molecular weight is 409 g/mol. The second-order valence-electron chi connectivity index (χ2n) is 7.86. The first-order valence-electron chi connectivity index (χ1n) is 10.2. The lowest BCUT2D eigenvalue weighted by molar-refractivity contribution is -0.0918. The molecule has 2 aliphatic rings. The molecule has 6 heteroatoms. The van der Waals surface area contributed by atoms with Crippen molar-refractivity contribution in [1.82, 2.24) is 10.3 Å². The Balaban J connectivity index is 1.43. The molecule has 4 heterocycles. The van der Waals surface area contributed by atoms with Crippen molar-refractivity contribution in [1.29, 1.82) is 0 Å². The van der Waals surface area contributed by atoms with Gasteiger partial charge in [-0.05, 0) is 61.5 Å². The summed E-state index contributed by atoms with van der Waals surface area (Å²) < 4.78 is 11.7. The van der Waals surface area contributed by atoms with Crippen LogP contribution in [0.3, 0.4) is 0 Å². The van der Waals surface area contributed by atoms with Gasteiger partial charge in [0, 0.05) is 18.0 Å². The highest BCUT2D eigenvalue weighted by Gasteiger charge is 2.39. The number of carbonyl (C=O) groups is 1. The lowest BCUT2D eigenvalue weighted by Crippen LogP contribution is -2.50. The predicted molar refractivity (Wildman–Crippen MR) is 115 cm³/mol. The van der Waals surface area contributed by atoms with Crippen molar-refractivity contribution in [3.63, 3.8) is 0 Å². The summed E-state index contributed by atoms with van der Waals surface area (Å²) in [6.45, 7) is 0.713. The fraction of sp³-hybridized carbons (Fsp3) is 0.391. The summed E-state index contributed by atoms with van der Waals surface area (Å²) in [6.07, 6.45) is 5.52. The van der Waals surface area contributed by atoms with Gasteiger partial charge in [0.2, 0.25) is 0 Å². The Labute approximate surface area is 174 Å². The summed E-state index contributed by atoms with van der Waals surface area (Å²) in [5, 5.41) is 4.14. The zero-order valence-corrected chi connectivity index (χ0v) is 17.0. The number of aromatic nitrogens is 1. The Morgan fingerprint density at radius 3 is 2.86 bits per heavy atom. The van der Waals surface area contributed by atoms with Gasteiger partial charge in [-0.15, -0.1) is 0 Å². The first-order valence-corrected chi connectivity index (χ1v) is 11.3. The van der Waals surface area contributed by atoms with Gasteiger partial charge < -0.3 is 14.5 Å². The van der Waals surface area contributed by atoms with Crippen molar-refractivity contribution >= 4 is 28.6 Å². The fourth-order valence-electron chi connectivity index (χ4n) is 4.42.